The minimum atomic E-state index is -0.768. The van der Waals surface area contributed by atoms with E-state index < -0.39 is 17.7 Å². The fourth-order valence-corrected chi connectivity index (χ4v) is 4.28. The van der Waals surface area contributed by atoms with Crippen LogP contribution in [0.25, 0.3) is 0 Å². The van der Waals surface area contributed by atoms with E-state index in [4.69, 9.17) is 4.74 Å². The van der Waals surface area contributed by atoms with E-state index in [0.717, 1.165) is 11.1 Å². The maximum absolute atomic E-state index is 13.3. The summed E-state index contributed by atoms with van der Waals surface area (Å²) in [5.41, 5.74) is 1.18. The van der Waals surface area contributed by atoms with E-state index in [0.29, 0.717) is 32.5 Å². The van der Waals surface area contributed by atoms with Gasteiger partial charge < -0.3 is 24.5 Å². The van der Waals surface area contributed by atoms with Crippen LogP contribution in [-0.2, 0) is 14.3 Å². The molecule has 2 amide bonds. The second kappa shape index (κ2) is 8.19. The van der Waals surface area contributed by atoms with Gasteiger partial charge >= 0.3 is 0 Å². The molecule has 2 fully saturated rings. The molecule has 1 aromatic rings. The Kier molecular flexibility index (Phi) is 6.07. The SMILES string of the molecule is Cc1ccccc1[C@@H]1[C@@H](C(=O)N2CCC(O)(CN(C)C)CC2)OCC(=O)N1C. The fourth-order valence-electron chi connectivity index (χ4n) is 4.28. The second-order valence-corrected chi connectivity index (χ2v) is 8.33. The number of morpholine rings is 1. The fraction of sp³-hybridized carbons (Fsp3) is 0.619. The summed E-state index contributed by atoms with van der Waals surface area (Å²) in [6.45, 7) is 3.44. The maximum Gasteiger partial charge on any atom is 0.254 e. The van der Waals surface area contributed by atoms with Crippen molar-refractivity contribution in [1.82, 2.24) is 14.7 Å². The molecule has 3 rings (SSSR count). The molecule has 28 heavy (non-hydrogen) atoms. The van der Waals surface area contributed by atoms with Crippen molar-refractivity contribution in [3.05, 3.63) is 35.4 Å². The van der Waals surface area contributed by atoms with E-state index in [1.807, 2.05) is 50.2 Å². The van der Waals surface area contributed by atoms with Crippen LogP contribution in [0.2, 0.25) is 0 Å². The van der Waals surface area contributed by atoms with Gasteiger partial charge in [-0.1, -0.05) is 24.3 Å². The molecule has 0 unspecified atom stereocenters. The first-order valence-electron chi connectivity index (χ1n) is 9.80. The van der Waals surface area contributed by atoms with Gasteiger partial charge in [0.1, 0.15) is 6.61 Å². The van der Waals surface area contributed by atoms with E-state index in [1.165, 1.54) is 0 Å². The number of hydrogen-bond donors (Lipinski definition) is 1. The second-order valence-electron chi connectivity index (χ2n) is 8.33. The number of aryl methyl sites for hydroxylation is 1. The quantitative estimate of drug-likeness (QED) is 0.825. The highest BCUT2D eigenvalue weighted by Crippen LogP contribution is 2.33. The molecule has 2 aliphatic heterocycles. The number of carbonyl (C=O) groups is 2. The van der Waals surface area contributed by atoms with Crippen LogP contribution in [0.4, 0.5) is 0 Å². The summed E-state index contributed by atoms with van der Waals surface area (Å²) < 4.78 is 5.76. The number of ether oxygens (including phenoxy) is 1. The van der Waals surface area contributed by atoms with Gasteiger partial charge in [0.05, 0.1) is 11.6 Å². The molecule has 0 saturated carbocycles. The Morgan fingerprint density at radius 3 is 2.54 bits per heavy atom. The molecule has 7 heteroatoms. The number of nitrogens with zero attached hydrogens (tertiary/aromatic N) is 3. The molecule has 0 aliphatic carbocycles. The number of likely N-dealkylation sites (N-methyl/N-ethyl adjacent to an activating group) is 2. The molecule has 0 radical (unpaired) electrons. The lowest BCUT2D eigenvalue weighted by atomic mass is 9.89. The van der Waals surface area contributed by atoms with Crippen LogP contribution in [0.1, 0.15) is 30.0 Å². The normalized spacial score (nSPS) is 25.3. The molecule has 0 spiro atoms. The van der Waals surface area contributed by atoms with E-state index in [1.54, 1.807) is 16.8 Å². The number of aliphatic hydroxyl groups is 1. The zero-order chi connectivity index (χ0) is 20.5. The summed E-state index contributed by atoms with van der Waals surface area (Å²) in [5.74, 6) is -0.240. The lowest BCUT2D eigenvalue weighted by molar-refractivity contribution is -0.169. The Morgan fingerprint density at radius 2 is 1.93 bits per heavy atom. The Bertz CT molecular complexity index is 728. The topological polar surface area (TPSA) is 73.3 Å². The van der Waals surface area contributed by atoms with Crippen LogP contribution in [-0.4, -0.2) is 90.7 Å². The molecule has 2 aliphatic rings. The average Bonchev–Trinajstić information content (AvgIpc) is 2.64. The summed E-state index contributed by atoms with van der Waals surface area (Å²) in [7, 11) is 5.60. The Morgan fingerprint density at radius 1 is 1.29 bits per heavy atom. The van der Waals surface area contributed by atoms with Gasteiger partial charge in [0, 0.05) is 26.7 Å². The van der Waals surface area contributed by atoms with Crippen molar-refractivity contribution in [3.8, 4) is 0 Å². The van der Waals surface area contributed by atoms with Crippen LogP contribution < -0.4 is 0 Å². The molecular formula is C21H31N3O4. The molecule has 1 aromatic carbocycles. The summed E-state index contributed by atoms with van der Waals surface area (Å²) in [6, 6.07) is 7.34. The number of amides is 2. The molecule has 2 atom stereocenters. The predicted octanol–water partition coefficient (Wildman–Crippen LogP) is 0.808. The Balaban J connectivity index is 1.78. The third kappa shape index (κ3) is 4.21. The third-order valence-corrected chi connectivity index (χ3v) is 5.85. The zero-order valence-corrected chi connectivity index (χ0v) is 17.2. The van der Waals surface area contributed by atoms with Crippen molar-refractivity contribution in [1.29, 1.82) is 0 Å². The molecular weight excluding hydrogens is 358 g/mol. The zero-order valence-electron chi connectivity index (χ0n) is 17.2. The van der Waals surface area contributed by atoms with Crippen LogP contribution in [0, 0.1) is 6.92 Å². The lowest BCUT2D eigenvalue weighted by Crippen LogP contribution is -2.57. The molecule has 0 bridgehead atoms. The number of benzene rings is 1. The first-order valence-corrected chi connectivity index (χ1v) is 9.80. The van der Waals surface area contributed by atoms with E-state index >= 15 is 0 Å². The van der Waals surface area contributed by atoms with Gasteiger partial charge in [-0.3, -0.25) is 9.59 Å². The maximum atomic E-state index is 13.3. The van der Waals surface area contributed by atoms with Crippen LogP contribution in [0.15, 0.2) is 24.3 Å². The Hall–Kier alpha value is -1.96. The van der Waals surface area contributed by atoms with E-state index in [9.17, 15) is 14.7 Å². The van der Waals surface area contributed by atoms with E-state index in [2.05, 4.69) is 0 Å². The largest absolute Gasteiger partial charge is 0.388 e. The molecule has 154 valence electrons. The van der Waals surface area contributed by atoms with E-state index in [-0.39, 0.29) is 18.4 Å². The highest BCUT2D eigenvalue weighted by atomic mass is 16.5. The predicted molar refractivity (Wildman–Crippen MR) is 106 cm³/mol. The summed E-state index contributed by atoms with van der Waals surface area (Å²) in [6.07, 6.45) is 0.338. The van der Waals surface area contributed by atoms with Crippen molar-refractivity contribution in [2.45, 2.75) is 37.5 Å². The smallest absolute Gasteiger partial charge is 0.254 e. The number of likely N-dealkylation sites (tertiary alicyclic amines) is 1. The molecule has 2 saturated heterocycles. The first-order chi connectivity index (χ1) is 13.2. The van der Waals surface area contributed by atoms with Gasteiger partial charge in [0.2, 0.25) is 5.91 Å². The molecule has 2 heterocycles. The number of piperidine rings is 1. The van der Waals surface area contributed by atoms with Gasteiger partial charge in [-0.25, -0.2) is 0 Å². The molecule has 1 N–H and O–H groups in total. The van der Waals surface area contributed by atoms with Crippen molar-refractivity contribution < 1.29 is 19.4 Å². The van der Waals surface area contributed by atoms with Crippen LogP contribution >= 0.6 is 0 Å². The van der Waals surface area contributed by atoms with Gasteiger partial charge in [-0.2, -0.15) is 0 Å². The molecule has 7 nitrogen and oxygen atoms in total. The van der Waals surface area contributed by atoms with Crippen molar-refractivity contribution in [2.75, 3.05) is 47.4 Å². The van der Waals surface area contributed by atoms with Gasteiger partial charge in [-0.05, 0) is 45.0 Å². The monoisotopic (exact) mass is 389 g/mol. The molecule has 0 aromatic heterocycles. The summed E-state index contributed by atoms with van der Waals surface area (Å²) >= 11 is 0. The van der Waals surface area contributed by atoms with Crippen LogP contribution in [0.3, 0.4) is 0 Å². The minimum absolute atomic E-state index is 0.0896. The number of carbonyl (C=O) groups excluding carboxylic acids is 2. The highest BCUT2D eigenvalue weighted by Gasteiger charge is 2.44. The number of hydrogen-bond acceptors (Lipinski definition) is 5. The van der Waals surface area contributed by atoms with Crippen molar-refractivity contribution >= 4 is 11.8 Å². The van der Waals surface area contributed by atoms with Gasteiger partial charge in [0.15, 0.2) is 6.10 Å². The summed E-state index contributed by atoms with van der Waals surface area (Å²) in [4.78, 5) is 30.9. The van der Waals surface area contributed by atoms with Gasteiger partial charge in [-0.15, -0.1) is 0 Å². The summed E-state index contributed by atoms with van der Waals surface area (Å²) in [5, 5.41) is 10.7. The van der Waals surface area contributed by atoms with Gasteiger partial charge in [0.25, 0.3) is 5.91 Å². The minimum Gasteiger partial charge on any atom is -0.388 e. The van der Waals surface area contributed by atoms with Crippen LogP contribution in [0.5, 0.6) is 0 Å². The third-order valence-electron chi connectivity index (χ3n) is 5.85. The highest BCUT2D eigenvalue weighted by molar-refractivity contribution is 5.86. The lowest BCUT2D eigenvalue weighted by Gasteiger charge is -2.44. The first kappa shape index (κ1) is 20.8. The standard InChI is InChI=1S/C21H31N3O4/c1-15-7-5-6-8-16(15)18-19(28-13-17(25)23(18)4)20(26)24-11-9-21(27,10-12-24)14-22(2)3/h5-8,18-19,27H,9-14H2,1-4H3/t18-,19+/m1/s1. The Labute approximate surface area is 166 Å². The average molecular weight is 389 g/mol. The number of rotatable bonds is 4. The van der Waals surface area contributed by atoms with Crippen molar-refractivity contribution in [2.24, 2.45) is 0 Å². The van der Waals surface area contributed by atoms with Crippen molar-refractivity contribution in [3.63, 3.8) is 0 Å².